The monoisotopic (exact) mass is 361 g/mol. The van der Waals surface area contributed by atoms with Crippen LogP contribution in [0.3, 0.4) is 0 Å². The molecule has 2 atom stereocenters. The summed E-state index contributed by atoms with van der Waals surface area (Å²) < 4.78 is 0. The Bertz CT molecular complexity index is 541. The fraction of sp³-hybridized carbons (Fsp3) is 0.762. The summed E-state index contributed by atoms with van der Waals surface area (Å²) in [7, 11) is 0. The topological polar surface area (TPSA) is 55.8 Å². The number of nitrogens with one attached hydrogen (secondary N) is 1. The molecular formula is C21H35N3O2. The summed E-state index contributed by atoms with van der Waals surface area (Å²) in [6.07, 6.45) is 10.5. The summed E-state index contributed by atoms with van der Waals surface area (Å²) in [6.45, 7) is 8.47. The van der Waals surface area contributed by atoms with Crippen LogP contribution in [0.1, 0.15) is 58.8 Å². The zero-order chi connectivity index (χ0) is 18.5. The number of rotatable bonds is 5. The maximum absolute atomic E-state index is 12.6. The summed E-state index contributed by atoms with van der Waals surface area (Å²) >= 11 is 0. The number of likely N-dealkylation sites (tertiary alicyclic amines) is 1. The largest absolute Gasteiger partial charge is 0.389 e. The lowest BCUT2D eigenvalue weighted by Gasteiger charge is -2.40. The van der Waals surface area contributed by atoms with Gasteiger partial charge in [0, 0.05) is 30.9 Å². The summed E-state index contributed by atoms with van der Waals surface area (Å²) in [4.78, 5) is 17.3. The second kappa shape index (κ2) is 9.16. The molecule has 2 unspecified atom stereocenters. The van der Waals surface area contributed by atoms with E-state index in [2.05, 4.69) is 10.2 Å². The molecule has 0 radical (unpaired) electrons. The highest BCUT2D eigenvalue weighted by Gasteiger charge is 2.35. The van der Waals surface area contributed by atoms with Gasteiger partial charge in [-0.05, 0) is 70.2 Å². The molecule has 3 aliphatic heterocycles. The molecule has 0 spiro atoms. The van der Waals surface area contributed by atoms with Crippen molar-refractivity contribution in [2.45, 2.75) is 77.0 Å². The lowest BCUT2D eigenvalue weighted by molar-refractivity contribution is -0.129. The normalized spacial score (nSPS) is 28.2. The van der Waals surface area contributed by atoms with Crippen molar-refractivity contribution in [3.05, 3.63) is 23.4 Å². The SMILES string of the molecule is CCC(O)/C=C\C1=C(C)CC(=O)N1C1CCN(C2CCCNCC2)CC1. The van der Waals surface area contributed by atoms with Gasteiger partial charge in [-0.25, -0.2) is 0 Å². The average molecular weight is 362 g/mol. The second-order valence-corrected chi connectivity index (χ2v) is 8.04. The fourth-order valence-corrected chi connectivity index (χ4v) is 4.58. The van der Waals surface area contributed by atoms with E-state index in [0.717, 1.165) is 50.3 Å². The van der Waals surface area contributed by atoms with Gasteiger partial charge >= 0.3 is 0 Å². The average Bonchev–Trinajstić information content (AvgIpc) is 2.84. The minimum atomic E-state index is -0.432. The number of nitrogens with zero attached hydrogens (tertiary/aromatic N) is 2. The van der Waals surface area contributed by atoms with E-state index in [0.29, 0.717) is 24.9 Å². The van der Waals surface area contributed by atoms with Crippen LogP contribution in [0.4, 0.5) is 0 Å². The highest BCUT2D eigenvalue weighted by molar-refractivity contribution is 5.85. The minimum Gasteiger partial charge on any atom is -0.389 e. The Labute approximate surface area is 158 Å². The maximum Gasteiger partial charge on any atom is 0.231 e. The molecule has 0 aromatic carbocycles. The fourth-order valence-electron chi connectivity index (χ4n) is 4.58. The van der Waals surface area contributed by atoms with Gasteiger partial charge in [-0.2, -0.15) is 0 Å². The number of piperidine rings is 1. The van der Waals surface area contributed by atoms with Crippen molar-refractivity contribution in [2.24, 2.45) is 0 Å². The molecular weight excluding hydrogens is 326 g/mol. The first-order valence-electron chi connectivity index (χ1n) is 10.4. The standard InChI is InChI=1S/C21H35N3O2/c1-3-19(25)6-7-20-16(2)15-21(26)24(20)18-9-13-23(14-10-18)17-5-4-11-22-12-8-17/h6-7,17-19,22,25H,3-5,8-15H2,1-2H3/b7-6-. The molecule has 3 aliphatic rings. The number of aliphatic hydroxyl groups excluding tert-OH is 1. The summed E-state index contributed by atoms with van der Waals surface area (Å²) in [5.74, 6) is 0.227. The van der Waals surface area contributed by atoms with Gasteiger partial charge in [-0.15, -0.1) is 0 Å². The quantitative estimate of drug-likeness (QED) is 0.790. The van der Waals surface area contributed by atoms with Crippen LogP contribution in [-0.2, 0) is 4.79 Å². The molecule has 2 saturated heterocycles. The first-order chi connectivity index (χ1) is 12.6. The number of aliphatic hydroxyl groups is 1. The van der Waals surface area contributed by atoms with Crippen LogP contribution in [0.25, 0.3) is 0 Å². The van der Waals surface area contributed by atoms with Crippen molar-refractivity contribution in [1.29, 1.82) is 0 Å². The van der Waals surface area contributed by atoms with E-state index >= 15 is 0 Å². The molecule has 5 nitrogen and oxygen atoms in total. The molecule has 0 aromatic heterocycles. The second-order valence-electron chi connectivity index (χ2n) is 8.04. The highest BCUT2D eigenvalue weighted by atomic mass is 16.3. The molecule has 0 saturated carbocycles. The summed E-state index contributed by atoms with van der Waals surface area (Å²) in [5, 5.41) is 13.3. The van der Waals surface area contributed by atoms with Crippen LogP contribution in [-0.4, -0.2) is 65.2 Å². The van der Waals surface area contributed by atoms with E-state index in [4.69, 9.17) is 0 Å². The smallest absolute Gasteiger partial charge is 0.231 e. The van der Waals surface area contributed by atoms with Crippen molar-refractivity contribution in [3.63, 3.8) is 0 Å². The zero-order valence-corrected chi connectivity index (χ0v) is 16.4. The Morgan fingerprint density at radius 3 is 2.69 bits per heavy atom. The van der Waals surface area contributed by atoms with Gasteiger partial charge in [-0.1, -0.05) is 13.0 Å². The van der Waals surface area contributed by atoms with Gasteiger partial charge < -0.3 is 20.2 Å². The Morgan fingerprint density at radius 1 is 1.19 bits per heavy atom. The third-order valence-corrected chi connectivity index (χ3v) is 6.20. The molecule has 3 heterocycles. The third-order valence-electron chi connectivity index (χ3n) is 6.20. The maximum atomic E-state index is 12.6. The van der Waals surface area contributed by atoms with E-state index < -0.39 is 6.10 Å². The van der Waals surface area contributed by atoms with Gasteiger partial charge in [-0.3, -0.25) is 4.79 Å². The van der Waals surface area contributed by atoms with Crippen LogP contribution in [0.2, 0.25) is 0 Å². The van der Waals surface area contributed by atoms with E-state index in [9.17, 15) is 9.90 Å². The van der Waals surface area contributed by atoms with Crippen molar-refractivity contribution in [1.82, 2.24) is 15.1 Å². The first kappa shape index (κ1) is 19.6. The van der Waals surface area contributed by atoms with E-state index in [1.54, 1.807) is 0 Å². The highest BCUT2D eigenvalue weighted by Crippen LogP contribution is 2.32. The molecule has 5 heteroatoms. The Hall–Kier alpha value is -1.17. The van der Waals surface area contributed by atoms with Gasteiger partial charge in [0.2, 0.25) is 5.91 Å². The first-order valence-corrected chi connectivity index (χ1v) is 10.4. The van der Waals surface area contributed by atoms with E-state index in [-0.39, 0.29) is 5.91 Å². The molecule has 0 aliphatic carbocycles. The van der Waals surface area contributed by atoms with Crippen molar-refractivity contribution < 1.29 is 9.90 Å². The number of carbonyl (C=O) groups excluding carboxylic acids is 1. The van der Waals surface area contributed by atoms with Crippen molar-refractivity contribution in [3.8, 4) is 0 Å². The van der Waals surface area contributed by atoms with Gasteiger partial charge in [0.25, 0.3) is 0 Å². The van der Waals surface area contributed by atoms with Gasteiger partial charge in [0.1, 0.15) is 0 Å². The lowest BCUT2D eigenvalue weighted by atomic mass is 9.98. The zero-order valence-electron chi connectivity index (χ0n) is 16.4. The molecule has 0 aromatic rings. The molecule has 146 valence electrons. The van der Waals surface area contributed by atoms with Crippen molar-refractivity contribution >= 4 is 5.91 Å². The summed E-state index contributed by atoms with van der Waals surface area (Å²) in [5.41, 5.74) is 2.16. The molecule has 0 bridgehead atoms. The molecule has 2 N–H and O–H groups in total. The predicted molar refractivity (Wildman–Crippen MR) is 105 cm³/mol. The summed E-state index contributed by atoms with van der Waals surface area (Å²) in [6, 6.07) is 1.01. The number of carbonyl (C=O) groups is 1. The number of allylic oxidation sites excluding steroid dienone is 1. The predicted octanol–water partition coefficient (Wildman–Crippen LogP) is 2.43. The Balaban J connectivity index is 1.61. The Morgan fingerprint density at radius 2 is 1.96 bits per heavy atom. The van der Waals surface area contributed by atoms with Crippen LogP contribution >= 0.6 is 0 Å². The van der Waals surface area contributed by atoms with Crippen LogP contribution < -0.4 is 5.32 Å². The molecule has 26 heavy (non-hydrogen) atoms. The number of hydrogen-bond donors (Lipinski definition) is 2. The molecule has 1 amide bonds. The third kappa shape index (κ3) is 4.56. The van der Waals surface area contributed by atoms with Crippen LogP contribution in [0.15, 0.2) is 23.4 Å². The lowest BCUT2D eigenvalue weighted by Crippen LogP contribution is -2.48. The van der Waals surface area contributed by atoms with E-state index in [1.807, 2.05) is 30.9 Å². The molecule has 3 rings (SSSR count). The molecule has 2 fully saturated rings. The van der Waals surface area contributed by atoms with Crippen molar-refractivity contribution in [2.75, 3.05) is 26.2 Å². The minimum absolute atomic E-state index is 0.227. The van der Waals surface area contributed by atoms with Crippen LogP contribution in [0, 0.1) is 0 Å². The number of hydrogen-bond acceptors (Lipinski definition) is 4. The Kier molecular flexibility index (Phi) is 6.90. The van der Waals surface area contributed by atoms with Gasteiger partial charge in [0.05, 0.1) is 12.5 Å². The van der Waals surface area contributed by atoms with E-state index in [1.165, 1.54) is 19.3 Å². The van der Waals surface area contributed by atoms with Gasteiger partial charge in [0.15, 0.2) is 0 Å². The van der Waals surface area contributed by atoms with Crippen LogP contribution in [0.5, 0.6) is 0 Å². The number of amides is 1.